The van der Waals surface area contributed by atoms with Crippen LogP contribution in [0.3, 0.4) is 0 Å². The first kappa shape index (κ1) is 14.6. The summed E-state index contributed by atoms with van der Waals surface area (Å²) in [7, 11) is 1.44. The molecule has 1 heterocycles. The Balaban J connectivity index is 2.31. The number of hydrogen-bond donors (Lipinski definition) is 0. The van der Waals surface area contributed by atoms with Crippen LogP contribution in [0.25, 0.3) is 16.7 Å². The predicted octanol–water partition coefficient (Wildman–Crippen LogP) is 4.52. The van der Waals surface area contributed by atoms with Crippen molar-refractivity contribution in [3.8, 4) is 11.4 Å². The lowest BCUT2D eigenvalue weighted by molar-refractivity contribution is 0.387. The van der Waals surface area contributed by atoms with E-state index >= 15 is 0 Å². The number of methoxy groups -OCH3 is 1. The van der Waals surface area contributed by atoms with Crippen molar-refractivity contribution in [2.45, 2.75) is 5.88 Å². The Hall–Kier alpha value is -1.34. The lowest BCUT2D eigenvalue weighted by Crippen LogP contribution is -1.99. The molecule has 0 aliphatic heterocycles. The van der Waals surface area contributed by atoms with E-state index in [0.29, 0.717) is 11.3 Å². The molecule has 0 atom stereocenters. The highest BCUT2D eigenvalue weighted by Gasteiger charge is 2.15. The standard InChI is InChI=1S/C15H11ClFIN2O/c1-21-14-7-13-12(6-11(14)17)19-15(8-16)20(13)10-4-2-9(18)3-5-10/h2-7H,8H2,1H3. The highest BCUT2D eigenvalue weighted by atomic mass is 127. The van der Waals surface area contributed by atoms with Crippen LogP contribution in [0.5, 0.6) is 5.75 Å². The predicted molar refractivity (Wildman–Crippen MR) is 89.9 cm³/mol. The molecule has 2 aromatic carbocycles. The van der Waals surface area contributed by atoms with Crippen molar-refractivity contribution in [1.29, 1.82) is 0 Å². The van der Waals surface area contributed by atoms with E-state index in [-0.39, 0.29) is 11.6 Å². The zero-order valence-electron chi connectivity index (χ0n) is 11.1. The number of halogens is 3. The Labute approximate surface area is 139 Å². The molecule has 6 heteroatoms. The van der Waals surface area contributed by atoms with E-state index in [4.69, 9.17) is 16.3 Å². The Morgan fingerprint density at radius 1 is 1.29 bits per heavy atom. The van der Waals surface area contributed by atoms with Gasteiger partial charge in [-0.1, -0.05) is 0 Å². The third-order valence-corrected chi connectivity index (χ3v) is 4.16. The van der Waals surface area contributed by atoms with E-state index < -0.39 is 5.82 Å². The van der Waals surface area contributed by atoms with E-state index in [0.717, 1.165) is 14.8 Å². The largest absolute Gasteiger partial charge is 0.494 e. The van der Waals surface area contributed by atoms with E-state index in [1.807, 2.05) is 28.8 Å². The van der Waals surface area contributed by atoms with Gasteiger partial charge in [0.05, 0.1) is 24.0 Å². The van der Waals surface area contributed by atoms with Gasteiger partial charge in [0.2, 0.25) is 0 Å². The number of rotatable bonds is 3. The van der Waals surface area contributed by atoms with Gasteiger partial charge in [-0.2, -0.15) is 0 Å². The molecule has 108 valence electrons. The summed E-state index contributed by atoms with van der Waals surface area (Å²) in [5.41, 5.74) is 2.26. The number of benzene rings is 2. The summed E-state index contributed by atoms with van der Waals surface area (Å²) in [4.78, 5) is 4.40. The number of alkyl halides is 1. The molecule has 0 saturated heterocycles. The molecular formula is C15H11ClFIN2O. The maximum absolute atomic E-state index is 13.8. The number of hydrogen-bond acceptors (Lipinski definition) is 2. The van der Waals surface area contributed by atoms with Crippen LogP contribution >= 0.6 is 34.2 Å². The second kappa shape index (κ2) is 5.81. The number of aromatic nitrogens is 2. The minimum absolute atomic E-state index is 0.190. The third kappa shape index (κ3) is 2.60. The van der Waals surface area contributed by atoms with Crippen molar-refractivity contribution in [3.05, 3.63) is 51.6 Å². The highest BCUT2D eigenvalue weighted by molar-refractivity contribution is 14.1. The molecule has 0 saturated carbocycles. The maximum Gasteiger partial charge on any atom is 0.167 e. The second-order valence-corrected chi connectivity index (χ2v) is 5.96. The van der Waals surface area contributed by atoms with Gasteiger partial charge in [-0.3, -0.25) is 4.57 Å². The molecule has 1 aromatic heterocycles. The summed E-state index contributed by atoms with van der Waals surface area (Å²) in [6, 6.07) is 11.0. The van der Waals surface area contributed by atoms with Gasteiger partial charge in [0.25, 0.3) is 0 Å². The van der Waals surface area contributed by atoms with Crippen molar-refractivity contribution in [2.24, 2.45) is 0 Å². The first-order valence-corrected chi connectivity index (χ1v) is 7.82. The van der Waals surface area contributed by atoms with E-state index in [1.54, 1.807) is 6.07 Å². The average Bonchev–Trinajstić information content (AvgIpc) is 2.84. The van der Waals surface area contributed by atoms with Crippen molar-refractivity contribution >= 4 is 45.2 Å². The third-order valence-electron chi connectivity index (χ3n) is 3.20. The first-order valence-electron chi connectivity index (χ1n) is 6.21. The van der Waals surface area contributed by atoms with Gasteiger partial charge in [-0.15, -0.1) is 11.6 Å². The van der Waals surface area contributed by atoms with Crippen LogP contribution < -0.4 is 4.74 Å². The Morgan fingerprint density at radius 3 is 2.62 bits per heavy atom. The number of imidazole rings is 1. The highest BCUT2D eigenvalue weighted by Crippen LogP contribution is 2.28. The molecule has 0 spiro atoms. The van der Waals surface area contributed by atoms with Gasteiger partial charge in [-0.25, -0.2) is 9.37 Å². The fourth-order valence-corrected chi connectivity index (χ4v) is 2.79. The van der Waals surface area contributed by atoms with Crippen LogP contribution in [0.2, 0.25) is 0 Å². The topological polar surface area (TPSA) is 27.1 Å². The molecule has 0 aliphatic rings. The molecule has 0 bridgehead atoms. The molecule has 0 aliphatic carbocycles. The molecule has 0 unspecified atom stereocenters. The van der Waals surface area contributed by atoms with Gasteiger partial charge in [0.15, 0.2) is 11.6 Å². The van der Waals surface area contributed by atoms with Crippen LogP contribution in [-0.4, -0.2) is 16.7 Å². The normalized spacial score (nSPS) is 11.0. The Kier molecular flexibility index (Phi) is 4.03. The molecular weight excluding hydrogens is 406 g/mol. The lowest BCUT2D eigenvalue weighted by atomic mass is 10.2. The van der Waals surface area contributed by atoms with Crippen LogP contribution in [0.4, 0.5) is 4.39 Å². The Morgan fingerprint density at radius 2 is 2.00 bits per heavy atom. The summed E-state index contributed by atoms with van der Waals surface area (Å²) in [6.07, 6.45) is 0. The van der Waals surface area contributed by atoms with Gasteiger partial charge in [-0.05, 0) is 46.9 Å². The molecule has 0 N–H and O–H groups in total. The minimum Gasteiger partial charge on any atom is -0.494 e. The van der Waals surface area contributed by atoms with E-state index in [1.165, 1.54) is 13.2 Å². The molecule has 0 radical (unpaired) electrons. The summed E-state index contributed by atoms with van der Waals surface area (Å²) in [5, 5.41) is 0. The second-order valence-electron chi connectivity index (χ2n) is 4.45. The maximum atomic E-state index is 13.8. The monoisotopic (exact) mass is 416 g/mol. The minimum atomic E-state index is -0.432. The van der Waals surface area contributed by atoms with Crippen molar-refractivity contribution < 1.29 is 9.13 Å². The van der Waals surface area contributed by atoms with Crippen LogP contribution in [0, 0.1) is 9.39 Å². The molecule has 3 rings (SSSR count). The quantitative estimate of drug-likeness (QED) is 0.464. The summed E-state index contributed by atoms with van der Waals surface area (Å²) in [5.74, 6) is 0.666. The molecule has 3 nitrogen and oxygen atoms in total. The molecule has 0 amide bonds. The molecule has 3 aromatic rings. The van der Waals surface area contributed by atoms with Crippen molar-refractivity contribution in [3.63, 3.8) is 0 Å². The zero-order chi connectivity index (χ0) is 15.0. The van der Waals surface area contributed by atoms with Crippen LogP contribution in [0.1, 0.15) is 5.82 Å². The van der Waals surface area contributed by atoms with Crippen molar-refractivity contribution in [2.75, 3.05) is 7.11 Å². The number of fused-ring (bicyclic) bond motifs is 1. The lowest BCUT2D eigenvalue weighted by Gasteiger charge is -2.09. The number of nitrogens with zero attached hydrogens (tertiary/aromatic N) is 2. The van der Waals surface area contributed by atoms with Gasteiger partial charge in [0.1, 0.15) is 5.82 Å². The molecule has 0 fully saturated rings. The van der Waals surface area contributed by atoms with Gasteiger partial charge >= 0.3 is 0 Å². The van der Waals surface area contributed by atoms with E-state index in [9.17, 15) is 4.39 Å². The fraction of sp³-hybridized carbons (Fsp3) is 0.133. The fourth-order valence-electron chi connectivity index (χ4n) is 2.25. The first-order chi connectivity index (χ1) is 10.1. The smallest absolute Gasteiger partial charge is 0.167 e. The Bertz CT molecular complexity index is 802. The molecule has 21 heavy (non-hydrogen) atoms. The van der Waals surface area contributed by atoms with Crippen LogP contribution in [0.15, 0.2) is 36.4 Å². The number of ether oxygens (including phenoxy) is 1. The average molecular weight is 417 g/mol. The van der Waals surface area contributed by atoms with Gasteiger partial charge < -0.3 is 4.74 Å². The van der Waals surface area contributed by atoms with E-state index in [2.05, 4.69) is 27.6 Å². The van der Waals surface area contributed by atoms with Crippen LogP contribution in [-0.2, 0) is 5.88 Å². The summed E-state index contributed by atoms with van der Waals surface area (Å²) < 4.78 is 21.9. The zero-order valence-corrected chi connectivity index (χ0v) is 14.0. The van der Waals surface area contributed by atoms with Gasteiger partial charge in [0, 0.05) is 21.4 Å². The summed E-state index contributed by atoms with van der Waals surface area (Å²) in [6.45, 7) is 0. The van der Waals surface area contributed by atoms with Crippen molar-refractivity contribution in [1.82, 2.24) is 9.55 Å². The SMILES string of the molecule is COc1cc2c(cc1F)nc(CCl)n2-c1ccc(I)cc1. The summed E-state index contributed by atoms with van der Waals surface area (Å²) >= 11 is 8.23.